The number of rotatable bonds is 7. The van der Waals surface area contributed by atoms with Crippen molar-refractivity contribution in [1.82, 2.24) is 10.2 Å². The topological polar surface area (TPSA) is 45.5 Å². The van der Waals surface area contributed by atoms with Gasteiger partial charge in [0.1, 0.15) is 0 Å². The molecule has 0 atom stereocenters. The first-order valence-corrected chi connectivity index (χ1v) is 6.45. The van der Waals surface area contributed by atoms with Gasteiger partial charge >= 0.3 is 0 Å². The zero-order valence-electron chi connectivity index (χ0n) is 11.4. The third-order valence-electron chi connectivity index (χ3n) is 2.64. The number of amides is 1. The van der Waals surface area contributed by atoms with Gasteiger partial charge in [-0.25, -0.2) is 0 Å². The summed E-state index contributed by atoms with van der Waals surface area (Å²) < 4.78 is 5.03. The summed E-state index contributed by atoms with van der Waals surface area (Å²) in [5, 5.41) is 2.75. The predicted octanol–water partition coefficient (Wildman–Crippen LogP) is 2.99. The third kappa shape index (κ3) is 4.28. The van der Waals surface area contributed by atoms with Crippen molar-refractivity contribution in [3.05, 3.63) is 36.1 Å². The minimum Gasteiger partial charge on any atom is -0.459 e. The summed E-state index contributed by atoms with van der Waals surface area (Å²) in [6, 6.07) is 3.35. The van der Waals surface area contributed by atoms with E-state index < -0.39 is 0 Å². The highest BCUT2D eigenvalue weighted by atomic mass is 16.3. The number of furan rings is 1. The normalized spacial score (nSPS) is 11.4. The van der Waals surface area contributed by atoms with E-state index in [0.29, 0.717) is 5.76 Å². The summed E-state index contributed by atoms with van der Waals surface area (Å²) in [6.07, 6.45) is 5.43. The van der Waals surface area contributed by atoms with E-state index in [9.17, 15) is 4.79 Å². The molecule has 1 aromatic rings. The van der Waals surface area contributed by atoms with Crippen LogP contribution in [0.25, 0.3) is 0 Å². The molecule has 18 heavy (non-hydrogen) atoms. The molecule has 0 aliphatic carbocycles. The number of nitrogens with zero attached hydrogens (tertiary/aromatic N) is 1. The molecular formula is C14H22N2O2. The van der Waals surface area contributed by atoms with Crippen LogP contribution in [0.3, 0.4) is 0 Å². The second kappa shape index (κ2) is 7.58. The van der Waals surface area contributed by atoms with Crippen LogP contribution in [0.1, 0.15) is 44.2 Å². The molecule has 1 N–H and O–H groups in total. The second-order valence-corrected chi connectivity index (χ2v) is 4.22. The first-order chi connectivity index (χ1) is 8.69. The molecule has 0 radical (unpaired) electrons. The van der Waals surface area contributed by atoms with Crippen LogP contribution >= 0.6 is 0 Å². The van der Waals surface area contributed by atoms with Crippen LogP contribution in [0.4, 0.5) is 0 Å². The maximum atomic E-state index is 11.7. The zero-order chi connectivity index (χ0) is 13.4. The smallest absolute Gasteiger partial charge is 0.290 e. The van der Waals surface area contributed by atoms with E-state index in [4.69, 9.17) is 4.42 Å². The van der Waals surface area contributed by atoms with Crippen LogP contribution in [0, 0.1) is 0 Å². The minimum absolute atomic E-state index is 0.215. The van der Waals surface area contributed by atoms with Gasteiger partial charge < -0.3 is 14.6 Å². The summed E-state index contributed by atoms with van der Waals surface area (Å²) in [5.41, 5.74) is 1.07. The van der Waals surface area contributed by atoms with Crippen molar-refractivity contribution in [3.63, 3.8) is 0 Å². The van der Waals surface area contributed by atoms with E-state index in [1.807, 2.05) is 6.92 Å². The second-order valence-electron chi connectivity index (χ2n) is 4.22. The van der Waals surface area contributed by atoms with E-state index in [2.05, 4.69) is 24.1 Å². The Morgan fingerprint density at radius 1 is 1.39 bits per heavy atom. The van der Waals surface area contributed by atoms with Gasteiger partial charge in [0, 0.05) is 25.0 Å². The van der Waals surface area contributed by atoms with Gasteiger partial charge in [-0.1, -0.05) is 13.8 Å². The molecule has 1 heterocycles. The molecule has 0 aliphatic heterocycles. The van der Waals surface area contributed by atoms with Gasteiger partial charge in [0.05, 0.1) is 6.26 Å². The van der Waals surface area contributed by atoms with Gasteiger partial charge in [0.2, 0.25) is 0 Å². The zero-order valence-corrected chi connectivity index (χ0v) is 11.4. The highest BCUT2D eigenvalue weighted by Crippen LogP contribution is 2.05. The van der Waals surface area contributed by atoms with Crippen LogP contribution in [0.2, 0.25) is 0 Å². The van der Waals surface area contributed by atoms with Crippen molar-refractivity contribution < 1.29 is 9.21 Å². The first-order valence-electron chi connectivity index (χ1n) is 6.45. The van der Waals surface area contributed by atoms with Crippen LogP contribution < -0.4 is 5.32 Å². The molecule has 1 amide bonds. The molecule has 4 heteroatoms. The summed E-state index contributed by atoms with van der Waals surface area (Å²) >= 11 is 0. The Kier molecular flexibility index (Phi) is 6.05. The number of hydrogen-bond acceptors (Lipinski definition) is 3. The summed E-state index contributed by atoms with van der Waals surface area (Å²) in [6.45, 7) is 8.32. The highest BCUT2D eigenvalue weighted by Gasteiger charge is 2.07. The summed E-state index contributed by atoms with van der Waals surface area (Å²) in [4.78, 5) is 13.9. The predicted molar refractivity (Wildman–Crippen MR) is 72.1 cm³/mol. The van der Waals surface area contributed by atoms with Crippen LogP contribution in [-0.2, 0) is 0 Å². The summed E-state index contributed by atoms with van der Waals surface area (Å²) in [7, 11) is 0. The van der Waals surface area contributed by atoms with Gasteiger partial charge in [0.25, 0.3) is 5.91 Å². The van der Waals surface area contributed by atoms with E-state index in [1.54, 1.807) is 18.3 Å². The fraction of sp³-hybridized carbons (Fsp3) is 0.500. The SMILES string of the molecule is CCCN(CCC)/C(C)=C\NC(=O)c1ccco1. The number of hydrogen-bond donors (Lipinski definition) is 1. The molecule has 0 fully saturated rings. The minimum atomic E-state index is -0.215. The maximum Gasteiger partial charge on any atom is 0.290 e. The quantitative estimate of drug-likeness (QED) is 0.809. The van der Waals surface area contributed by atoms with Crippen molar-refractivity contribution in [1.29, 1.82) is 0 Å². The monoisotopic (exact) mass is 250 g/mol. The molecular weight excluding hydrogens is 228 g/mol. The standard InChI is InChI=1S/C14H22N2O2/c1-4-8-16(9-5-2)12(3)11-15-14(17)13-7-6-10-18-13/h6-7,10-11H,4-5,8-9H2,1-3H3,(H,15,17)/b12-11-. The Bertz CT molecular complexity index is 377. The Morgan fingerprint density at radius 3 is 2.56 bits per heavy atom. The fourth-order valence-corrected chi connectivity index (χ4v) is 1.74. The van der Waals surface area contributed by atoms with Crippen molar-refractivity contribution in [2.45, 2.75) is 33.6 Å². The number of nitrogens with one attached hydrogen (secondary N) is 1. The van der Waals surface area contributed by atoms with Gasteiger partial charge in [-0.3, -0.25) is 4.79 Å². The van der Waals surface area contributed by atoms with Crippen molar-refractivity contribution in [3.8, 4) is 0 Å². The Labute approximate surface area is 109 Å². The van der Waals surface area contributed by atoms with Crippen molar-refractivity contribution >= 4 is 5.91 Å². The molecule has 1 rings (SSSR count). The molecule has 0 saturated carbocycles. The lowest BCUT2D eigenvalue weighted by Gasteiger charge is -2.24. The lowest BCUT2D eigenvalue weighted by Crippen LogP contribution is -2.26. The molecule has 0 spiro atoms. The molecule has 4 nitrogen and oxygen atoms in total. The van der Waals surface area contributed by atoms with E-state index in [0.717, 1.165) is 31.6 Å². The lowest BCUT2D eigenvalue weighted by molar-refractivity contribution is 0.0941. The van der Waals surface area contributed by atoms with E-state index in [-0.39, 0.29) is 5.91 Å². The van der Waals surface area contributed by atoms with Crippen molar-refractivity contribution in [2.75, 3.05) is 13.1 Å². The molecule has 0 bridgehead atoms. The number of carbonyl (C=O) groups is 1. The van der Waals surface area contributed by atoms with Crippen LogP contribution in [0.15, 0.2) is 34.7 Å². The van der Waals surface area contributed by atoms with Gasteiger partial charge in [-0.15, -0.1) is 0 Å². The Morgan fingerprint density at radius 2 is 2.06 bits per heavy atom. The third-order valence-corrected chi connectivity index (χ3v) is 2.64. The first kappa shape index (κ1) is 14.4. The van der Waals surface area contributed by atoms with Crippen LogP contribution in [-0.4, -0.2) is 23.9 Å². The molecule has 0 aromatic carbocycles. The van der Waals surface area contributed by atoms with Crippen molar-refractivity contribution in [2.24, 2.45) is 0 Å². The molecule has 100 valence electrons. The van der Waals surface area contributed by atoms with E-state index >= 15 is 0 Å². The lowest BCUT2D eigenvalue weighted by atomic mass is 10.3. The molecule has 1 aromatic heterocycles. The maximum absolute atomic E-state index is 11.7. The Balaban J connectivity index is 2.56. The molecule has 0 aliphatic rings. The Hall–Kier alpha value is -1.71. The number of allylic oxidation sites excluding steroid dienone is 1. The molecule has 0 unspecified atom stereocenters. The average molecular weight is 250 g/mol. The summed E-state index contributed by atoms with van der Waals surface area (Å²) in [5.74, 6) is 0.115. The molecule has 0 saturated heterocycles. The van der Waals surface area contributed by atoms with E-state index in [1.165, 1.54) is 6.26 Å². The highest BCUT2D eigenvalue weighted by molar-refractivity contribution is 5.92. The van der Waals surface area contributed by atoms with Gasteiger partial charge in [-0.05, 0) is 31.9 Å². The van der Waals surface area contributed by atoms with Gasteiger partial charge in [-0.2, -0.15) is 0 Å². The van der Waals surface area contributed by atoms with Crippen LogP contribution in [0.5, 0.6) is 0 Å². The number of carbonyl (C=O) groups excluding carboxylic acids is 1. The fourth-order valence-electron chi connectivity index (χ4n) is 1.74. The average Bonchev–Trinajstić information content (AvgIpc) is 2.89. The van der Waals surface area contributed by atoms with Gasteiger partial charge in [0.15, 0.2) is 5.76 Å². The largest absolute Gasteiger partial charge is 0.459 e.